The van der Waals surface area contributed by atoms with Crippen molar-refractivity contribution in [1.82, 2.24) is 0 Å². The number of alkyl halides is 2. The van der Waals surface area contributed by atoms with Gasteiger partial charge in [-0.2, -0.15) is 0 Å². The lowest BCUT2D eigenvalue weighted by molar-refractivity contribution is 0.115. The molecule has 1 aromatic carbocycles. The minimum Gasteiger partial charge on any atom is -0.506 e. The van der Waals surface area contributed by atoms with E-state index < -0.39 is 18.2 Å². The molecule has 0 heterocycles. The van der Waals surface area contributed by atoms with Crippen LogP contribution in [-0.2, 0) is 0 Å². The number of phenols is 1. The van der Waals surface area contributed by atoms with Gasteiger partial charge in [0.2, 0.25) is 0 Å². The number of phenolic OH excluding ortho intramolecular Hbond substituents is 1. The van der Waals surface area contributed by atoms with Crippen molar-refractivity contribution in [3.05, 3.63) is 27.2 Å². The molecule has 1 rings (SSSR count). The van der Waals surface area contributed by atoms with Gasteiger partial charge in [-0.3, -0.25) is 0 Å². The number of aromatic hydroxyl groups is 1. The van der Waals surface area contributed by atoms with Crippen molar-refractivity contribution in [2.45, 2.75) is 12.5 Å². The maximum Gasteiger partial charge on any atom is 0.257 e. The maximum absolute atomic E-state index is 12.3. The molecule has 0 radical (unpaired) electrons. The van der Waals surface area contributed by atoms with Crippen LogP contribution in [0.4, 0.5) is 8.78 Å². The maximum atomic E-state index is 12.3. The average Bonchev–Trinajstić information content (AvgIpc) is 2.12. The highest BCUT2D eigenvalue weighted by Gasteiger charge is 2.24. The van der Waals surface area contributed by atoms with Gasteiger partial charge in [0.25, 0.3) is 6.43 Å². The van der Waals surface area contributed by atoms with Crippen LogP contribution in [0.3, 0.4) is 0 Å². The second-order valence-corrected chi connectivity index (χ2v) is 3.91. The van der Waals surface area contributed by atoms with Crippen LogP contribution in [0.25, 0.3) is 0 Å². The van der Waals surface area contributed by atoms with E-state index in [9.17, 15) is 13.9 Å². The fourth-order valence-corrected chi connectivity index (χ4v) is 1.75. The highest BCUT2D eigenvalue weighted by molar-refractivity contribution is 9.10. The summed E-state index contributed by atoms with van der Waals surface area (Å²) < 4.78 is 24.9. The molecule has 0 aliphatic carbocycles. The Morgan fingerprint density at radius 3 is 2.50 bits per heavy atom. The van der Waals surface area contributed by atoms with Gasteiger partial charge >= 0.3 is 0 Å². The van der Waals surface area contributed by atoms with Gasteiger partial charge < -0.3 is 10.8 Å². The highest BCUT2D eigenvalue weighted by Crippen LogP contribution is 2.38. The topological polar surface area (TPSA) is 46.2 Å². The summed E-state index contributed by atoms with van der Waals surface area (Å²) in [7, 11) is 0. The van der Waals surface area contributed by atoms with Crippen LogP contribution >= 0.6 is 27.5 Å². The fraction of sp³-hybridized carbons (Fsp3) is 0.250. The molecule has 2 nitrogen and oxygen atoms in total. The number of halogens is 4. The molecule has 0 aliphatic heterocycles. The molecular weight excluding hydrogens is 279 g/mol. The Balaban J connectivity index is 3.25. The molecule has 0 saturated carbocycles. The average molecular weight is 287 g/mol. The van der Waals surface area contributed by atoms with E-state index in [-0.39, 0.29) is 10.6 Å². The van der Waals surface area contributed by atoms with Gasteiger partial charge in [0, 0.05) is 10.0 Å². The van der Waals surface area contributed by atoms with E-state index in [0.717, 1.165) is 0 Å². The third kappa shape index (κ3) is 2.16. The van der Waals surface area contributed by atoms with Crippen molar-refractivity contribution in [2.24, 2.45) is 5.73 Å². The Morgan fingerprint density at radius 1 is 1.43 bits per heavy atom. The van der Waals surface area contributed by atoms with Crippen molar-refractivity contribution < 1.29 is 13.9 Å². The Hall–Kier alpha value is -0.390. The molecule has 0 spiro atoms. The molecule has 1 aromatic rings. The minimum atomic E-state index is -2.75. The number of nitrogens with two attached hydrogens (primary N) is 1. The summed E-state index contributed by atoms with van der Waals surface area (Å²) in [6, 6.07) is 1.30. The lowest BCUT2D eigenvalue weighted by atomic mass is 10.1. The molecule has 6 heteroatoms. The number of benzene rings is 1. The Kier molecular flexibility index (Phi) is 3.69. The van der Waals surface area contributed by atoms with Gasteiger partial charge in [-0.05, 0) is 12.1 Å². The van der Waals surface area contributed by atoms with Crippen molar-refractivity contribution in [2.75, 3.05) is 0 Å². The van der Waals surface area contributed by atoms with E-state index >= 15 is 0 Å². The summed E-state index contributed by atoms with van der Waals surface area (Å²) in [4.78, 5) is 0. The standard InChI is InChI=1S/C8H7BrClF2NO/c9-3-1-2-4(10)7(14)5(3)6(13)8(11)12/h1-2,6,8,14H,13H2/t6-/m1/s1. The first-order chi connectivity index (χ1) is 6.45. The zero-order valence-electron chi connectivity index (χ0n) is 6.85. The molecule has 0 aliphatic rings. The van der Waals surface area contributed by atoms with E-state index in [1.807, 2.05) is 0 Å². The summed E-state index contributed by atoms with van der Waals surface area (Å²) in [5.74, 6) is -0.408. The summed E-state index contributed by atoms with van der Waals surface area (Å²) in [5, 5.41) is 9.42. The van der Waals surface area contributed by atoms with Crippen LogP contribution in [0.1, 0.15) is 11.6 Å². The smallest absolute Gasteiger partial charge is 0.257 e. The molecule has 0 fully saturated rings. The van der Waals surface area contributed by atoms with E-state index in [0.29, 0.717) is 4.47 Å². The molecule has 1 atom stereocenters. The molecule has 0 bridgehead atoms. The lowest BCUT2D eigenvalue weighted by Crippen LogP contribution is -2.19. The quantitative estimate of drug-likeness (QED) is 0.877. The Labute approximate surface area is 92.8 Å². The van der Waals surface area contributed by atoms with Crippen LogP contribution in [0.15, 0.2) is 16.6 Å². The van der Waals surface area contributed by atoms with Crippen LogP contribution in [0.5, 0.6) is 5.75 Å². The highest BCUT2D eigenvalue weighted by atomic mass is 79.9. The number of hydrogen-bond donors (Lipinski definition) is 2. The van der Waals surface area contributed by atoms with Crippen LogP contribution in [-0.4, -0.2) is 11.5 Å². The van der Waals surface area contributed by atoms with Gasteiger partial charge in [-0.15, -0.1) is 0 Å². The van der Waals surface area contributed by atoms with Crippen molar-refractivity contribution >= 4 is 27.5 Å². The van der Waals surface area contributed by atoms with Crippen LogP contribution < -0.4 is 5.73 Å². The fourth-order valence-electron chi connectivity index (χ4n) is 1.000. The minimum absolute atomic E-state index is 0.000648. The van der Waals surface area contributed by atoms with Crippen LogP contribution in [0.2, 0.25) is 5.02 Å². The van der Waals surface area contributed by atoms with Gasteiger partial charge in [0.15, 0.2) is 0 Å². The van der Waals surface area contributed by atoms with Gasteiger partial charge in [0.05, 0.1) is 11.1 Å². The second-order valence-electron chi connectivity index (χ2n) is 2.65. The number of hydrogen-bond acceptors (Lipinski definition) is 2. The van der Waals surface area contributed by atoms with Crippen molar-refractivity contribution in [3.8, 4) is 5.75 Å². The normalized spacial score (nSPS) is 13.3. The van der Waals surface area contributed by atoms with E-state index in [4.69, 9.17) is 17.3 Å². The predicted octanol–water partition coefficient (Wildman–Crippen LogP) is 3.07. The molecule has 0 saturated heterocycles. The van der Waals surface area contributed by atoms with E-state index in [1.165, 1.54) is 12.1 Å². The SMILES string of the molecule is N[C@H](c1c(Br)ccc(Cl)c1O)C(F)F. The zero-order valence-corrected chi connectivity index (χ0v) is 9.19. The molecule has 78 valence electrons. The summed E-state index contributed by atoms with van der Waals surface area (Å²) in [6.45, 7) is 0. The van der Waals surface area contributed by atoms with E-state index in [2.05, 4.69) is 15.9 Å². The first-order valence-electron chi connectivity index (χ1n) is 3.65. The molecule has 0 unspecified atom stereocenters. The largest absolute Gasteiger partial charge is 0.506 e. The summed E-state index contributed by atoms with van der Waals surface area (Å²) >= 11 is 8.58. The van der Waals surface area contributed by atoms with E-state index in [1.54, 1.807) is 0 Å². The summed E-state index contributed by atoms with van der Waals surface area (Å²) in [6.07, 6.45) is -2.75. The molecular formula is C8H7BrClF2NO. The molecule has 0 aromatic heterocycles. The van der Waals surface area contributed by atoms with Gasteiger partial charge in [0.1, 0.15) is 5.75 Å². The predicted molar refractivity (Wildman–Crippen MR) is 53.7 cm³/mol. The van der Waals surface area contributed by atoms with Crippen LogP contribution in [0, 0.1) is 0 Å². The number of rotatable bonds is 2. The monoisotopic (exact) mass is 285 g/mol. The third-order valence-electron chi connectivity index (χ3n) is 1.72. The van der Waals surface area contributed by atoms with Gasteiger partial charge in [-0.1, -0.05) is 27.5 Å². The first kappa shape index (κ1) is 11.7. The van der Waals surface area contributed by atoms with Gasteiger partial charge in [-0.25, -0.2) is 8.78 Å². The summed E-state index contributed by atoms with van der Waals surface area (Å²) in [5.41, 5.74) is 5.13. The second kappa shape index (κ2) is 4.42. The molecule has 0 amide bonds. The van der Waals surface area contributed by atoms with Crippen molar-refractivity contribution in [1.29, 1.82) is 0 Å². The Bertz CT molecular complexity index is 348. The molecule has 14 heavy (non-hydrogen) atoms. The van der Waals surface area contributed by atoms with Crippen molar-refractivity contribution in [3.63, 3.8) is 0 Å². The first-order valence-corrected chi connectivity index (χ1v) is 4.82. The molecule has 3 N–H and O–H groups in total. The zero-order chi connectivity index (χ0) is 10.9. The third-order valence-corrected chi connectivity index (χ3v) is 2.72. The Morgan fingerprint density at radius 2 is 2.00 bits per heavy atom. The lowest BCUT2D eigenvalue weighted by Gasteiger charge is -2.15.